The van der Waals surface area contributed by atoms with E-state index in [0.717, 1.165) is 31.2 Å². The molecule has 0 fully saturated rings. The number of hydrogen-bond acceptors (Lipinski definition) is 5. The summed E-state index contributed by atoms with van der Waals surface area (Å²) in [5, 5.41) is 3.40. The van der Waals surface area contributed by atoms with Gasteiger partial charge in [-0.2, -0.15) is 0 Å². The summed E-state index contributed by atoms with van der Waals surface area (Å²) >= 11 is 1.48. The number of rotatable bonds is 5. The van der Waals surface area contributed by atoms with Gasteiger partial charge in [0.25, 0.3) is 0 Å². The fraction of sp³-hybridized carbons (Fsp3) is 0.333. The molecule has 126 valence electrons. The standard InChI is InChI=1S/C18H19NO4S/c1-2-22-18(21)16-13-7-3-4-8-14(13)24-17(16)19-15(20)10-9-12-6-5-11-23-12/h5-6,9-11H,2-4,7-8H2,1H3,(H,19,20)/b10-9+. The van der Waals surface area contributed by atoms with Crippen LogP contribution in [0.2, 0.25) is 0 Å². The lowest BCUT2D eigenvalue weighted by molar-refractivity contribution is -0.111. The Hall–Kier alpha value is -2.34. The Morgan fingerprint density at radius 3 is 2.96 bits per heavy atom. The molecule has 6 heteroatoms. The average Bonchev–Trinajstić information content (AvgIpc) is 3.20. The summed E-state index contributed by atoms with van der Waals surface area (Å²) < 4.78 is 10.3. The number of carbonyl (C=O) groups excluding carboxylic acids is 2. The van der Waals surface area contributed by atoms with Gasteiger partial charge in [0, 0.05) is 11.0 Å². The molecule has 1 amide bonds. The van der Waals surface area contributed by atoms with Gasteiger partial charge in [-0.05, 0) is 56.4 Å². The Labute approximate surface area is 144 Å². The van der Waals surface area contributed by atoms with E-state index in [-0.39, 0.29) is 11.9 Å². The van der Waals surface area contributed by atoms with E-state index >= 15 is 0 Å². The molecular weight excluding hydrogens is 326 g/mol. The van der Waals surface area contributed by atoms with Crippen molar-refractivity contribution in [2.75, 3.05) is 11.9 Å². The van der Waals surface area contributed by atoms with Crippen LogP contribution in [0.15, 0.2) is 28.9 Å². The molecule has 2 aromatic heterocycles. The number of furan rings is 1. The second kappa shape index (κ2) is 7.49. The van der Waals surface area contributed by atoms with Crippen molar-refractivity contribution in [2.24, 2.45) is 0 Å². The predicted octanol–water partition coefficient (Wildman–Crippen LogP) is 4.05. The largest absolute Gasteiger partial charge is 0.465 e. The molecule has 0 radical (unpaired) electrons. The van der Waals surface area contributed by atoms with Crippen molar-refractivity contribution in [3.05, 3.63) is 46.2 Å². The minimum absolute atomic E-state index is 0.296. The number of nitrogens with one attached hydrogen (secondary N) is 1. The van der Waals surface area contributed by atoms with Crippen molar-refractivity contribution in [1.82, 2.24) is 0 Å². The van der Waals surface area contributed by atoms with Crippen molar-refractivity contribution in [1.29, 1.82) is 0 Å². The molecular formula is C18H19NO4S. The summed E-state index contributed by atoms with van der Waals surface area (Å²) in [5.74, 6) is -0.0565. The average molecular weight is 345 g/mol. The smallest absolute Gasteiger partial charge is 0.341 e. The molecule has 3 rings (SSSR count). The second-order valence-corrected chi connectivity index (χ2v) is 6.58. The van der Waals surface area contributed by atoms with E-state index in [2.05, 4.69) is 5.32 Å². The first-order valence-electron chi connectivity index (χ1n) is 8.03. The van der Waals surface area contributed by atoms with Crippen LogP contribution >= 0.6 is 11.3 Å². The molecule has 0 spiro atoms. The SMILES string of the molecule is CCOC(=O)c1c(NC(=O)/C=C/c2ccco2)sc2c1CCCC2. The maximum atomic E-state index is 12.3. The van der Waals surface area contributed by atoms with Crippen LogP contribution in [0.25, 0.3) is 6.08 Å². The predicted molar refractivity (Wildman–Crippen MR) is 93.3 cm³/mol. The van der Waals surface area contributed by atoms with Crippen molar-refractivity contribution < 1.29 is 18.7 Å². The number of thiophene rings is 1. The topological polar surface area (TPSA) is 68.5 Å². The third-order valence-corrected chi connectivity index (χ3v) is 5.04. The number of carbonyl (C=O) groups is 2. The summed E-state index contributed by atoms with van der Waals surface area (Å²) in [6.45, 7) is 2.09. The number of fused-ring (bicyclic) bond motifs is 1. The Morgan fingerprint density at radius 1 is 1.38 bits per heavy atom. The maximum Gasteiger partial charge on any atom is 0.341 e. The number of amides is 1. The lowest BCUT2D eigenvalue weighted by Gasteiger charge is -2.12. The highest BCUT2D eigenvalue weighted by Gasteiger charge is 2.26. The van der Waals surface area contributed by atoms with Crippen LogP contribution in [0.5, 0.6) is 0 Å². The molecule has 0 bridgehead atoms. The molecule has 2 aromatic rings. The fourth-order valence-electron chi connectivity index (χ4n) is 2.77. The van der Waals surface area contributed by atoms with E-state index in [1.165, 1.54) is 22.3 Å². The van der Waals surface area contributed by atoms with Crippen LogP contribution in [0.1, 0.15) is 46.3 Å². The van der Waals surface area contributed by atoms with Gasteiger partial charge >= 0.3 is 5.97 Å². The molecule has 0 saturated heterocycles. The molecule has 1 aliphatic carbocycles. The van der Waals surface area contributed by atoms with Gasteiger partial charge in [-0.3, -0.25) is 4.79 Å². The lowest BCUT2D eigenvalue weighted by Crippen LogP contribution is -2.14. The van der Waals surface area contributed by atoms with E-state index in [1.807, 2.05) is 0 Å². The van der Waals surface area contributed by atoms with Gasteiger partial charge in [-0.25, -0.2) is 4.79 Å². The zero-order valence-electron chi connectivity index (χ0n) is 13.5. The quantitative estimate of drug-likeness (QED) is 0.656. The van der Waals surface area contributed by atoms with Crippen molar-refractivity contribution in [3.63, 3.8) is 0 Å². The second-order valence-electron chi connectivity index (χ2n) is 5.47. The van der Waals surface area contributed by atoms with Gasteiger partial charge in [-0.15, -0.1) is 11.3 Å². The molecule has 0 atom stereocenters. The molecule has 1 aliphatic rings. The van der Waals surface area contributed by atoms with Crippen LogP contribution in [-0.4, -0.2) is 18.5 Å². The molecule has 0 saturated carbocycles. The first kappa shape index (κ1) is 16.5. The van der Waals surface area contributed by atoms with Crippen LogP contribution in [-0.2, 0) is 22.4 Å². The molecule has 0 aromatic carbocycles. The van der Waals surface area contributed by atoms with E-state index < -0.39 is 0 Å². The summed E-state index contributed by atoms with van der Waals surface area (Å²) in [4.78, 5) is 25.7. The van der Waals surface area contributed by atoms with Crippen molar-refractivity contribution in [3.8, 4) is 0 Å². The third kappa shape index (κ3) is 3.59. The fourth-order valence-corrected chi connectivity index (χ4v) is 4.05. The van der Waals surface area contributed by atoms with Gasteiger partial charge in [0.15, 0.2) is 0 Å². The highest BCUT2D eigenvalue weighted by Crippen LogP contribution is 2.38. The Kier molecular flexibility index (Phi) is 5.15. The highest BCUT2D eigenvalue weighted by atomic mass is 32.1. The maximum absolute atomic E-state index is 12.3. The van der Waals surface area contributed by atoms with Crippen molar-refractivity contribution in [2.45, 2.75) is 32.6 Å². The zero-order chi connectivity index (χ0) is 16.9. The summed E-state index contributed by atoms with van der Waals surface area (Å²) in [7, 11) is 0. The third-order valence-electron chi connectivity index (χ3n) is 3.83. The highest BCUT2D eigenvalue weighted by molar-refractivity contribution is 7.17. The van der Waals surface area contributed by atoms with Gasteiger partial charge in [-0.1, -0.05) is 0 Å². The molecule has 1 N–H and O–H groups in total. The first-order chi connectivity index (χ1) is 11.7. The van der Waals surface area contributed by atoms with Crippen LogP contribution < -0.4 is 5.32 Å². The first-order valence-corrected chi connectivity index (χ1v) is 8.85. The van der Waals surface area contributed by atoms with Gasteiger partial charge in [0.1, 0.15) is 10.8 Å². The monoisotopic (exact) mass is 345 g/mol. The number of ether oxygens (including phenoxy) is 1. The molecule has 24 heavy (non-hydrogen) atoms. The van der Waals surface area contributed by atoms with Gasteiger partial charge in [0.2, 0.25) is 5.91 Å². The van der Waals surface area contributed by atoms with E-state index in [0.29, 0.717) is 22.9 Å². The van der Waals surface area contributed by atoms with Crippen LogP contribution in [0.4, 0.5) is 5.00 Å². The minimum Gasteiger partial charge on any atom is -0.465 e. The Balaban J connectivity index is 1.82. The molecule has 0 aliphatic heterocycles. The number of hydrogen-bond donors (Lipinski definition) is 1. The van der Waals surface area contributed by atoms with Gasteiger partial charge < -0.3 is 14.5 Å². The normalized spacial score (nSPS) is 13.7. The summed E-state index contributed by atoms with van der Waals surface area (Å²) in [6.07, 6.45) is 8.51. The van der Waals surface area contributed by atoms with Crippen LogP contribution in [0, 0.1) is 0 Å². The van der Waals surface area contributed by atoms with E-state index in [4.69, 9.17) is 9.15 Å². The summed E-state index contributed by atoms with van der Waals surface area (Å²) in [6, 6.07) is 3.52. The molecule has 0 unspecified atom stereocenters. The van der Waals surface area contributed by atoms with Crippen LogP contribution in [0.3, 0.4) is 0 Å². The number of aryl methyl sites for hydroxylation is 1. The Morgan fingerprint density at radius 2 is 2.21 bits per heavy atom. The minimum atomic E-state index is -0.359. The zero-order valence-corrected chi connectivity index (χ0v) is 14.3. The Bertz CT molecular complexity index is 758. The number of esters is 1. The lowest BCUT2D eigenvalue weighted by atomic mass is 9.95. The molecule has 5 nitrogen and oxygen atoms in total. The number of anilines is 1. The molecule has 2 heterocycles. The van der Waals surface area contributed by atoms with Crippen molar-refractivity contribution >= 4 is 34.3 Å². The summed E-state index contributed by atoms with van der Waals surface area (Å²) in [5.41, 5.74) is 1.56. The van der Waals surface area contributed by atoms with Gasteiger partial charge in [0.05, 0.1) is 18.4 Å². The van der Waals surface area contributed by atoms with E-state index in [9.17, 15) is 9.59 Å². The van der Waals surface area contributed by atoms with E-state index in [1.54, 1.807) is 31.4 Å².